The molecule has 4 aromatic rings. The van der Waals surface area contributed by atoms with Crippen molar-refractivity contribution in [2.45, 2.75) is 4.90 Å². The summed E-state index contributed by atoms with van der Waals surface area (Å²) in [5.74, 6) is -0.651. The highest BCUT2D eigenvalue weighted by molar-refractivity contribution is 7.90. The van der Waals surface area contributed by atoms with Crippen LogP contribution < -0.4 is 0 Å². The molecule has 0 fully saturated rings. The Bertz CT molecular complexity index is 1510. The lowest BCUT2D eigenvalue weighted by Crippen LogP contribution is -1.95. The van der Waals surface area contributed by atoms with E-state index in [2.05, 4.69) is 14.6 Å². The molecule has 3 aromatic carbocycles. The molecular formula is C18H11N5O7S. The number of aromatic hydroxyl groups is 1. The second-order valence-corrected chi connectivity index (χ2v) is 7.91. The number of aromatic nitrogens is 1. The zero-order chi connectivity index (χ0) is 22.3. The molecule has 0 bridgehead atoms. The Morgan fingerprint density at radius 2 is 1.58 bits per heavy atom. The lowest BCUT2D eigenvalue weighted by atomic mass is 10.0. The first-order valence-corrected chi connectivity index (χ1v) is 9.97. The number of nitro benzene ring substituents is 2. The van der Waals surface area contributed by atoms with E-state index in [-0.39, 0.29) is 26.6 Å². The predicted octanol–water partition coefficient (Wildman–Crippen LogP) is 4.32. The van der Waals surface area contributed by atoms with Gasteiger partial charge >= 0.3 is 0 Å². The summed E-state index contributed by atoms with van der Waals surface area (Å²) < 4.78 is 28.0. The van der Waals surface area contributed by atoms with Gasteiger partial charge in [0, 0.05) is 17.5 Å². The molecule has 0 aliphatic heterocycles. The van der Waals surface area contributed by atoms with Gasteiger partial charge < -0.3 is 10.1 Å². The summed E-state index contributed by atoms with van der Waals surface area (Å²) in [5, 5.41) is 36.7. The van der Waals surface area contributed by atoms with Crippen LogP contribution in [0.15, 0.2) is 69.1 Å². The lowest BCUT2D eigenvalue weighted by Gasteiger charge is -2.03. The van der Waals surface area contributed by atoms with Crippen molar-refractivity contribution in [3.05, 3.63) is 74.8 Å². The smallest absolute Gasteiger partial charge is 0.299 e. The third-order valence-corrected chi connectivity index (χ3v) is 5.69. The third kappa shape index (κ3) is 3.32. The number of aromatic amines is 1. The number of nitrogens with zero attached hydrogens (tertiary/aromatic N) is 4. The van der Waals surface area contributed by atoms with Crippen molar-refractivity contribution >= 4 is 48.8 Å². The van der Waals surface area contributed by atoms with Gasteiger partial charge in [-0.1, -0.05) is 28.8 Å². The van der Waals surface area contributed by atoms with Crippen LogP contribution in [0.25, 0.3) is 21.7 Å². The minimum Gasteiger partial charge on any atom is -0.493 e. The number of rotatable bonds is 5. The van der Waals surface area contributed by atoms with Gasteiger partial charge in [0.2, 0.25) is 5.88 Å². The van der Waals surface area contributed by atoms with Crippen LogP contribution in [0.5, 0.6) is 5.88 Å². The maximum Gasteiger partial charge on any atom is 0.299 e. The van der Waals surface area contributed by atoms with E-state index >= 15 is 0 Å². The number of sulfonamides is 1. The van der Waals surface area contributed by atoms with Crippen molar-refractivity contribution in [1.29, 1.82) is 0 Å². The van der Waals surface area contributed by atoms with Crippen molar-refractivity contribution in [1.82, 2.24) is 4.98 Å². The van der Waals surface area contributed by atoms with Crippen LogP contribution in [0.4, 0.5) is 17.1 Å². The van der Waals surface area contributed by atoms with Crippen molar-refractivity contribution < 1.29 is 23.4 Å². The highest BCUT2D eigenvalue weighted by atomic mass is 32.2. The van der Waals surface area contributed by atoms with Gasteiger partial charge in [0.25, 0.3) is 21.4 Å². The topological polar surface area (TPSA) is 181 Å². The van der Waals surface area contributed by atoms with Gasteiger partial charge in [-0.3, -0.25) is 20.2 Å². The van der Waals surface area contributed by atoms with E-state index in [4.69, 9.17) is 0 Å². The van der Waals surface area contributed by atoms with Crippen LogP contribution in [0.3, 0.4) is 0 Å². The van der Waals surface area contributed by atoms with Crippen LogP contribution in [0, 0.1) is 20.2 Å². The fourth-order valence-corrected chi connectivity index (χ4v) is 3.98. The molecule has 1 heterocycles. The normalized spacial score (nSPS) is 12.0. The Kier molecular flexibility index (Phi) is 4.58. The molecule has 0 spiro atoms. The molecule has 1 aromatic heterocycles. The minimum absolute atomic E-state index is 0.0172. The Balaban J connectivity index is 2.01. The number of non-ortho nitro benzene ring substituents is 2. The summed E-state index contributed by atoms with van der Waals surface area (Å²) in [4.78, 5) is 23.9. The summed E-state index contributed by atoms with van der Waals surface area (Å²) >= 11 is 0. The number of H-pyrrole nitrogens is 1. The average molecular weight is 441 g/mol. The number of hydrogen-bond donors (Lipinski definition) is 2. The van der Waals surface area contributed by atoms with E-state index in [0.717, 1.165) is 12.1 Å². The first kappa shape index (κ1) is 19.9. The number of nitro groups is 2. The molecule has 31 heavy (non-hydrogen) atoms. The second kappa shape index (κ2) is 7.14. The molecule has 0 saturated heterocycles. The van der Waals surface area contributed by atoms with Gasteiger partial charge in [0.15, 0.2) is 5.69 Å². The summed E-state index contributed by atoms with van der Waals surface area (Å²) in [5.41, 5.74) is -1.34. The number of hydrogen-bond acceptors (Lipinski definition) is 8. The maximum atomic E-state index is 12.4. The molecule has 13 heteroatoms. The standard InChI is InChI=1S/C18H11N5O7S/c24-18-17(20-21-31(29,30)10-5-2-1-3-6-10)12-9-14(23(27)28)11-7-4-8-13(22(25)26)15(11)16(12)19-18/h1-9,19,24H. The zero-order valence-electron chi connectivity index (χ0n) is 15.3. The zero-order valence-corrected chi connectivity index (χ0v) is 16.1. The molecule has 156 valence electrons. The van der Waals surface area contributed by atoms with Gasteiger partial charge in [-0.15, -0.1) is 5.11 Å². The van der Waals surface area contributed by atoms with Crippen LogP contribution in [0.1, 0.15) is 0 Å². The predicted molar refractivity (Wildman–Crippen MR) is 109 cm³/mol. The minimum atomic E-state index is -4.22. The first-order chi connectivity index (χ1) is 14.7. The van der Waals surface area contributed by atoms with E-state index in [9.17, 15) is 33.8 Å². The number of nitrogens with one attached hydrogen (secondary N) is 1. The van der Waals surface area contributed by atoms with E-state index in [1.807, 2.05) is 0 Å². The van der Waals surface area contributed by atoms with Crippen molar-refractivity contribution in [3.63, 3.8) is 0 Å². The SMILES string of the molecule is O=[N+]([O-])c1cc2c(N=NS(=O)(=O)c3ccccc3)c(O)[nH]c2c2c([N+](=O)[O-])cccc12. The maximum absolute atomic E-state index is 12.4. The van der Waals surface area contributed by atoms with Crippen LogP contribution in [0.2, 0.25) is 0 Å². The molecule has 2 N–H and O–H groups in total. The number of benzene rings is 3. The summed E-state index contributed by atoms with van der Waals surface area (Å²) in [6.45, 7) is 0. The molecule has 0 aliphatic rings. The Morgan fingerprint density at radius 3 is 2.23 bits per heavy atom. The van der Waals surface area contributed by atoms with E-state index in [1.165, 1.54) is 36.4 Å². The quantitative estimate of drug-likeness (QED) is 0.263. The molecule has 0 unspecified atom stereocenters. The highest BCUT2D eigenvalue weighted by Gasteiger charge is 2.26. The highest BCUT2D eigenvalue weighted by Crippen LogP contribution is 2.45. The molecule has 4 rings (SSSR count). The summed E-state index contributed by atoms with van der Waals surface area (Å²) in [6.07, 6.45) is 0. The Morgan fingerprint density at radius 1 is 0.903 bits per heavy atom. The first-order valence-electron chi connectivity index (χ1n) is 8.53. The average Bonchev–Trinajstić information content (AvgIpc) is 3.06. The number of fused-ring (bicyclic) bond motifs is 3. The van der Waals surface area contributed by atoms with Crippen LogP contribution in [-0.2, 0) is 10.0 Å². The largest absolute Gasteiger partial charge is 0.493 e. The summed E-state index contributed by atoms with van der Waals surface area (Å²) in [7, 11) is -4.22. The molecule has 0 amide bonds. The Hall–Kier alpha value is -4.39. The van der Waals surface area contributed by atoms with E-state index < -0.39 is 42.8 Å². The second-order valence-electron chi connectivity index (χ2n) is 6.32. The van der Waals surface area contributed by atoms with Crippen LogP contribution in [-0.4, -0.2) is 28.4 Å². The molecule has 12 nitrogen and oxygen atoms in total. The molecular weight excluding hydrogens is 430 g/mol. The third-order valence-electron chi connectivity index (χ3n) is 4.52. The monoisotopic (exact) mass is 441 g/mol. The molecule has 0 atom stereocenters. The van der Waals surface area contributed by atoms with Crippen molar-refractivity contribution in [2.24, 2.45) is 9.63 Å². The summed E-state index contributed by atoms with van der Waals surface area (Å²) in [6, 6.07) is 12.0. The van der Waals surface area contributed by atoms with Gasteiger partial charge in [-0.05, 0) is 18.2 Å². The van der Waals surface area contributed by atoms with Gasteiger partial charge in [-0.2, -0.15) is 8.42 Å². The van der Waals surface area contributed by atoms with Gasteiger partial charge in [-0.25, -0.2) is 0 Å². The fraction of sp³-hybridized carbons (Fsp3) is 0. The Labute approximate surface area is 172 Å². The fourth-order valence-electron chi connectivity index (χ4n) is 3.20. The van der Waals surface area contributed by atoms with Gasteiger partial charge in [0.1, 0.15) is 0 Å². The van der Waals surface area contributed by atoms with Crippen molar-refractivity contribution in [2.75, 3.05) is 0 Å². The lowest BCUT2D eigenvalue weighted by molar-refractivity contribution is -0.384. The van der Waals surface area contributed by atoms with Gasteiger partial charge in [0.05, 0.1) is 31.0 Å². The van der Waals surface area contributed by atoms with E-state index in [1.54, 1.807) is 6.07 Å². The van der Waals surface area contributed by atoms with Crippen molar-refractivity contribution in [3.8, 4) is 5.88 Å². The van der Waals surface area contributed by atoms with E-state index in [0.29, 0.717) is 0 Å². The molecule has 0 saturated carbocycles. The molecule has 0 radical (unpaired) electrons. The van der Waals surface area contributed by atoms with Crippen LogP contribution >= 0.6 is 0 Å². The molecule has 0 aliphatic carbocycles.